The molecule has 3 rings (SSSR count). The summed E-state index contributed by atoms with van der Waals surface area (Å²) in [6.45, 7) is 4.84. The zero-order chi connectivity index (χ0) is 14.3. The van der Waals surface area contributed by atoms with Gasteiger partial charge in [0.1, 0.15) is 12.1 Å². The van der Waals surface area contributed by atoms with Crippen LogP contribution >= 0.6 is 0 Å². The molecule has 5 heteroatoms. The average molecular weight is 279 g/mol. The van der Waals surface area contributed by atoms with Gasteiger partial charge in [0.25, 0.3) is 0 Å². The van der Waals surface area contributed by atoms with E-state index in [1.807, 2.05) is 16.7 Å². The lowest BCUT2D eigenvalue weighted by atomic mass is 9.95. The van der Waals surface area contributed by atoms with Crippen LogP contribution < -0.4 is 0 Å². The van der Waals surface area contributed by atoms with Gasteiger partial charge in [0.2, 0.25) is 11.8 Å². The summed E-state index contributed by atoms with van der Waals surface area (Å²) in [6, 6.07) is -0.120. The molecule has 2 unspecified atom stereocenters. The normalized spacial score (nSPS) is 32.9. The predicted molar refractivity (Wildman–Crippen MR) is 76.2 cm³/mol. The van der Waals surface area contributed by atoms with Crippen molar-refractivity contribution >= 4 is 11.8 Å². The molecule has 0 bridgehead atoms. The fourth-order valence-corrected chi connectivity index (χ4v) is 4.00. The molecule has 0 N–H and O–H groups in total. The molecule has 0 radical (unpaired) electrons. The van der Waals surface area contributed by atoms with Crippen molar-refractivity contribution in [1.82, 2.24) is 14.7 Å². The average Bonchev–Trinajstić information content (AvgIpc) is 2.94. The van der Waals surface area contributed by atoms with Gasteiger partial charge in [-0.15, -0.1) is 0 Å². The Hall–Kier alpha value is -1.10. The second kappa shape index (κ2) is 5.35. The highest BCUT2D eigenvalue weighted by Gasteiger charge is 2.49. The van der Waals surface area contributed by atoms with E-state index in [0.717, 1.165) is 51.7 Å². The maximum Gasteiger partial charge on any atom is 0.246 e. The zero-order valence-corrected chi connectivity index (χ0v) is 12.5. The number of hydrogen-bond donors (Lipinski definition) is 0. The maximum atomic E-state index is 12.8. The van der Waals surface area contributed by atoms with Gasteiger partial charge in [0.05, 0.1) is 0 Å². The number of piperidine rings is 1. The molecule has 20 heavy (non-hydrogen) atoms. The van der Waals surface area contributed by atoms with E-state index in [4.69, 9.17) is 0 Å². The fraction of sp³-hybridized carbons (Fsp3) is 0.867. The molecule has 0 saturated carbocycles. The topological polar surface area (TPSA) is 43.9 Å². The Morgan fingerprint density at radius 3 is 2.40 bits per heavy atom. The highest BCUT2D eigenvalue weighted by molar-refractivity contribution is 5.97. The molecular formula is C15H25N3O2. The molecule has 3 aliphatic heterocycles. The van der Waals surface area contributed by atoms with Gasteiger partial charge in [-0.1, -0.05) is 6.92 Å². The maximum absolute atomic E-state index is 12.8. The van der Waals surface area contributed by atoms with Gasteiger partial charge in [-0.2, -0.15) is 0 Å². The SMILES string of the molecule is CCC1C(=O)N2CCCC2C(=O)N1C1CCN(C)CC1. The molecular weight excluding hydrogens is 254 g/mol. The quantitative estimate of drug-likeness (QED) is 0.747. The Morgan fingerprint density at radius 1 is 1.05 bits per heavy atom. The van der Waals surface area contributed by atoms with Crippen LogP contribution in [0.4, 0.5) is 0 Å². The molecule has 0 aromatic carbocycles. The Labute approximate surface area is 120 Å². The number of piperazine rings is 1. The summed E-state index contributed by atoms with van der Waals surface area (Å²) in [7, 11) is 2.12. The van der Waals surface area contributed by atoms with E-state index in [-0.39, 0.29) is 29.9 Å². The molecule has 2 amide bonds. The molecule has 3 fully saturated rings. The molecule has 3 heterocycles. The number of nitrogens with zero attached hydrogens (tertiary/aromatic N) is 3. The smallest absolute Gasteiger partial charge is 0.246 e. The van der Waals surface area contributed by atoms with E-state index in [1.165, 1.54) is 0 Å². The number of fused-ring (bicyclic) bond motifs is 1. The van der Waals surface area contributed by atoms with Gasteiger partial charge in [0.15, 0.2) is 0 Å². The predicted octanol–water partition coefficient (Wildman–Crippen LogP) is 0.692. The molecule has 0 aliphatic carbocycles. The molecule has 5 nitrogen and oxygen atoms in total. The third-order valence-corrected chi connectivity index (χ3v) is 5.16. The van der Waals surface area contributed by atoms with E-state index in [2.05, 4.69) is 11.9 Å². The summed E-state index contributed by atoms with van der Waals surface area (Å²) in [6.07, 6.45) is 4.56. The van der Waals surface area contributed by atoms with Crippen molar-refractivity contribution in [2.45, 2.75) is 57.2 Å². The summed E-state index contributed by atoms with van der Waals surface area (Å²) in [5.74, 6) is 0.400. The Balaban J connectivity index is 1.83. The number of likely N-dealkylation sites (tertiary alicyclic amines) is 1. The summed E-state index contributed by atoms with van der Waals surface area (Å²) >= 11 is 0. The van der Waals surface area contributed by atoms with Gasteiger partial charge < -0.3 is 14.7 Å². The molecule has 2 atom stereocenters. The number of carbonyl (C=O) groups excluding carboxylic acids is 2. The van der Waals surface area contributed by atoms with Gasteiger partial charge in [0, 0.05) is 12.6 Å². The number of hydrogen-bond acceptors (Lipinski definition) is 3. The fourth-order valence-electron chi connectivity index (χ4n) is 4.00. The summed E-state index contributed by atoms with van der Waals surface area (Å²) < 4.78 is 0. The first-order valence-corrected chi connectivity index (χ1v) is 7.94. The first-order valence-electron chi connectivity index (χ1n) is 7.94. The largest absolute Gasteiger partial charge is 0.329 e. The Bertz CT molecular complexity index is 404. The molecule has 0 aromatic rings. The van der Waals surface area contributed by atoms with Crippen LogP contribution in [0.15, 0.2) is 0 Å². The first-order chi connectivity index (χ1) is 9.63. The highest BCUT2D eigenvalue weighted by Crippen LogP contribution is 2.31. The number of carbonyl (C=O) groups is 2. The Kier molecular flexibility index (Phi) is 3.71. The first kappa shape index (κ1) is 13.9. The number of rotatable bonds is 2. The van der Waals surface area contributed by atoms with E-state index < -0.39 is 0 Å². The minimum Gasteiger partial charge on any atom is -0.329 e. The van der Waals surface area contributed by atoms with Crippen LogP contribution in [0.1, 0.15) is 39.0 Å². The lowest BCUT2D eigenvalue weighted by molar-refractivity contribution is -0.163. The van der Waals surface area contributed by atoms with Crippen molar-refractivity contribution in [1.29, 1.82) is 0 Å². The second-order valence-corrected chi connectivity index (χ2v) is 6.39. The van der Waals surface area contributed by atoms with Gasteiger partial charge in [-0.25, -0.2) is 0 Å². The molecule has 112 valence electrons. The zero-order valence-electron chi connectivity index (χ0n) is 12.5. The van der Waals surface area contributed by atoms with Crippen molar-refractivity contribution in [3.05, 3.63) is 0 Å². The second-order valence-electron chi connectivity index (χ2n) is 6.39. The highest BCUT2D eigenvalue weighted by atomic mass is 16.2. The van der Waals surface area contributed by atoms with Crippen LogP contribution in [0.25, 0.3) is 0 Å². The van der Waals surface area contributed by atoms with Crippen LogP contribution in [0.2, 0.25) is 0 Å². The van der Waals surface area contributed by atoms with E-state index in [9.17, 15) is 9.59 Å². The molecule has 3 aliphatic rings. The van der Waals surface area contributed by atoms with E-state index >= 15 is 0 Å². The van der Waals surface area contributed by atoms with Crippen LogP contribution in [-0.4, -0.2) is 71.3 Å². The molecule has 0 spiro atoms. The van der Waals surface area contributed by atoms with Crippen molar-refractivity contribution in [2.75, 3.05) is 26.7 Å². The van der Waals surface area contributed by atoms with Gasteiger partial charge in [-0.3, -0.25) is 9.59 Å². The van der Waals surface area contributed by atoms with Crippen molar-refractivity contribution < 1.29 is 9.59 Å². The van der Waals surface area contributed by atoms with Gasteiger partial charge in [-0.05, 0) is 52.2 Å². The van der Waals surface area contributed by atoms with Crippen LogP contribution in [-0.2, 0) is 9.59 Å². The lowest BCUT2D eigenvalue weighted by Crippen LogP contribution is -2.65. The van der Waals surface area contributed by atoms with Crippen LogP contribution in [0.5, 0.6) is 0 Å². The van der Waals surface area contributed by atoms with Crippen LogP contribution in [0, 0.1) is 0 Å². The monoisotopic (exact) mass is 279 g/mol. The van der Waals surface area contributed by atoms with E-state index in [0.29, 0.717) is 0 Å². The minimum atomic E-state index is -0.217. The Morgan fingerprint density at radius 2 is 1.75 bits per heavy atom. The van der Waals surface area contributed by atoms with Crippen LogP contribution in [0.3, 0.4) is 0 Å². The number of amides is 2. The molecule has 3 saturated heterocycles. The lowest BCUT2D eigenvalue weighted by Gasteiger charge is -2.47. The summed E-state index contributed by atoms with van der Waals surface area (Å²) in [5.41, 5.74) is 0. The third-order valence-electron chi connectivity index (χ3n) is 5.16. The van der Waals surface area contributed by atoms with Crippen molar-refractivity contribution in [3.63, 3.8) is 0 Å². The van der Waals surface area contributed by atoms with Gasteiger partial charge >= 0.3 is 0 Å². The summed E-state index contributed by atoms with van der Waals surface area (Å²) in [4.78, 5) is 31.5. The minimum absolute atomic E-state index is 0.162. The van der Waals surface area contributed by atoms with Crippen molar-refractivity contribution in [3.8, 4) is 0 Å². The van der Waals surface area contributed by atoms with E-state index in [1.54, 1.807) is 0 Å². The standard InChI is InChI=1S/C15H25N3O2/c1-3-12-14(19)17-8-4-5-13(17)15(20)18(12)11-6-9-16(2)10-7-11/h11-13H,3-10H2,1-2H3. The molecule has 0 aromatic heterocycles. The summed E-state index contributed by atoms with van der Waals surface area (Å²) in [5, 5.41) is 0. The van der Waals surface area contributed by atoms with Crippen molar-refractivity contribution in [2.24, 2.45) is 0 Å². The third kappa shape index (κ3) is 2.12.